The minimum atomic E-state index is -4.81. The SMILES string of the molecule is O=C(c1[c]ccc(O)c1)c1[c]ccc(O)c1S(=O)(=O)O. The van der Waals surface area contributed by atoms with Gasteiger partial charge in [0.15, 0.2) is 5.78 Å². The van der Waals surface area contributed by atoms with Crippen LogP contribution in [0.5, 0.6) is 11.5 Å². The smallest absolute Gasteiger partial charge is 0.298 e. The van der Waals surface area contributed by atoms with Crippen LogP contribution in [0.4, 0.5) is 0 Å². The van der Waals surface area contributed by atoms with Crippen molar-refractivity contribution in [2.24, 2.45) is 0 Å². The fraction of sp³-hybridized carbons (Fsp3) is 0. The highest BCUT2D eigenvalue weighted by Gasteiger charge is 2.25. The minimum absolute atomic E-state index is 0.128. The number of ketones is 1. The minimum Gasteiger partial charge on any atom is -0.508 e. The summed E-state index contributed by atoms with van der Waals surface area (Å²) in [5, 5.41) is 18.8. The van der Waals surface area contributed by atoms with Crippen LogP contribution in [0.2, 0.25) is 0 Å². The second-order valence-corrected chi connectivity index (χ2v) is 5.19. The van der Waals surface area contributed by atoms with Gasteiger partial charge in [-0.3, -0.25) is 9.35 Å². The standard InChI is InChI=1S/C13H8O6S/c14-9-4-1-3-8(7-9)12(16)10-5-2-6-11(15)13(10)20(17,18)19/h1-2,4,6-7,14-15H,(H,17,18,19). The number of phenolic OH excluding ortho intramolecular Hbond substituents is 2. The maximum atomic E-state index is 12.2. The van der Waals surface area contributed by atoms with Crippen LogP contribution < -0.4 is 0 Å². The number of carbonyl (C=O) groups excluding carboxylic acids is 1. The van der Waals surface area contributed by atoms with Crippen LogP contribution in [0.25, 0.3) is 0 Å². The van der Waals surface area contributed by atoms with E-state index in [1.807, 2.05) is 0 Å². The second-order valence-electron chi connectivity index (χ2n) is 3.83. The topological polar surface area (TPSA) is 112 Å². The monoisotopic (exact) mass is 292 g/mol. The Labute approximate surface area is 114 Å². The van der Waals surface area contributed by atoms with Gasteiger partial charge in [0.05, 0.1) is 5.56 Å². The molecule has 0 aromatic heterocycles. The van der Waals surface area contributed by atoms with Crippen molar-refractivity contribution in [3.63, 3.8) is 0 Å². The summed E-state index contributed by atoms with van der Waals surface area (Å²) >= 11 is 0. The number of hydrogen-bond donors (Lipinski definition) is 3. The Hall–Kier alpha value is -2.38. The first kappa shape index (κ1) is 14.0. The molecular weight excluding hydrogens is 284 g/mol. The van der Waals surface area contributed by atoms with Gasteiger partial charge in [-0.15, -0.1) is 0 Å². The maximum Gasteiger partial charge on any atom is 0.298 e. The fourth-order valence-electron chi connectivity index (χ4n) is 1.62. The Kier molecular flexibility index (Phi) is 3.47. The molecule has 0 aliphatic rings. The average Bonchev–Trinajstić information content (AvgIpc) is 2.36. The van der Waals surface area contributed by atoms with E-state index in [4.69, 9.17) is 4.55 Å². The van der Waals surface area contributed by atoms with Crippen molar-refractivity contribution in [1.29, 1.82) is 0 Å². The number of rotatable bonds is 3. The van der Waals surface area contributed by atoms with Crippen LogP contribution in [-0.4, -0.2) is 29.0 Å². The molecule has 7 heteroatoms. The average molecular weight is 292 g/mol. The molecule has 0 bridgehead atoms. The first-order valence-corrected chi connectivity index (χ1v) is 6.71. The van der Waals surface area contributed by atoms with Crippen molar-refractivity contribution in [3.05, 3.63) is 53.6 Å². The Morgan fingerprint density at radius 3 is 2.35 bits per heavy atom. The molecule has 2 radical (unpaired) electrons. The predicted molar refractivity (Wildman–Crippen MR) is 67.1 cm³/mol. The summed E-state index contributed by atoms with van der Waals surface area (Å²) in [5.41, 5.74) is -0.661. The molecule has 0 spiro atoms. The molecular formula is C13H8O6S. The van der Waals surface area contributed by atoms with E-state index in [9.17, 15) is 23.4 Å². The van der Waals surface area contributed by atoms with Gasteiger partial charge in [-0.1, -0.05) is 0 Å². The van der Waals surface area contributed by atoms with Crippen molar-refractivity contribution >= 4 is 15.9 Å². The van der Waals surface area contributed by atoms with Gasteiger partial charge in [0.1, 0.15) is 16.4 Å². The van der Waals surface area contributed by atoms with Crippen molar-refractivity contribution in [3.8, 4) is 11.5 Å². The van der Waals surface area contributed by atoms with Crippen molar-refractivity contribution in [2.75, 3.05) is 0 Å². The first-order valence-electron chi connectivity index (χ1n) is 5.27. The Bertz CT molecular complexity index is 779. The Morgan fingerprint density at radius 1 is 1.10 bits per heavy atom. The highest BCUT2D eigenvalue weighted by atomic mass is 32.2. The number of phenols is 2. The molecule has 0 aliphatic heterocycles. The highest BCUT2D eigenvalue weighted by Crippen LogP contribution is 2.28. The molecule has 0 heterocycles. The molecule has 0 unspecified atom stereocenters. The van der Waals surface area contributed by atoms with E-state index in [0.29, 0.717) is 0 Å². The van der Waals surface area contributed by atoms with Crippen LogP contribution in [0.3, 0.4) is 0 Å². The lowest BCUT2D eigenvalue weighted by atomic mass is 10.0. The second kappa shape index (κ2) is 4.95. The zero-order valence-electron chi connectivity index (χ0n) is 9.86. The van der Waals surface area contributed by atoms with Crippen LogP contribution in [0.15, 0.2) is 35.2 Å². The highest BCUT2D eigenvalue weighted by molar-refractivity contribution is 7.86. The molecule has 0 aliphatic carbocycles. The van der Waals surface area contributed by atoms with E-state index in [0.717, 1.165) is 18.2 Å². The van der Waals surface area contributed by atoms with Gasteiger partial charge in [-0.2, -0.15) is 8.42 Å². The molecule has 102 valence electrons. The van der Waals surface area contributed by atoms with Gasteiger partial charge in [-0.25, -0.2) is 0 Å². The quantitative estimate of drug-likeness (QED) is 0.578. The molecule has 6 nitrogen and oxygen atoms in total. The van der Waals surface area contributed by atoms with Crippen LogP contribution in [-0.2, 0) is 10.1 Å². The molecule has 0 saturated heterocycles. The van der Waals surface area contributed by atoms with E-state index in [-0.39, 0.29) is 11.3 Å². The molecule has 0 fully saturated rings. The van der Waals surface area contributed by atoms with Gasteiger partial charge in [0.2, 0.25) is 0 Å². The molecule has 2 aromatic rings. The summed E-state index contributed by atoms with van der Waals surface area (Å²) in [7, 11) is -4.81. The summed E-state index contributed by atoms with van der Waals surface area (Å²) in [5.74, 6) is -1.83. The van der Waals surface area contributed by atoms with Crippen LogP contribution in [0, 0.1) is 12.1 Å². The van der Waals surface area contributed by atoms with Crippen molar-refractivity contribution < 1.29 is 28.0 Å². The number of carbonyl (C=O) groups is 1. The normalized spacial score (nSPS) is 11.2. The van der Waals surface area contributed by atoms with Gasteiger partial charge in [-0.05, 0) is 42.5 Å². The van der Waals surface area contributed by atoms with Crippen LogP contribution in [0.1, 0.15) is 15.9 Å². The first-order chi connectivity index (χ1) is 9.30. The largest absolute Gasteiger partial charge is 0.508 e. The Balaban J connectivity index is 2.65. The molecule has 2 rings (SSSR count). The summed E-state index contributed by atoms with van der Waals surface area (Å²) < 4.78 is 31.6. The third kappa shape index (κ3) is 2.63. The van der Waals surface area contributed by atoms with E-state index >= 15 is 0 Å². The third-order valence-electron chi connectivity index (χ3n) is 2.44. The van der Waals surface area contributed by atoms with E-state index in [1.54, 1.807) is 0 Å². The maximum absolute atomic E-state index is 12.2. The summed E-state index contributed by atoms with van der Waals surface area (Å²) in [6.07, 6.45) is 0. The molecule has 0 saturated carbocycles. The van der Waals surface area contributed by atoms with Crippen molar-refractivity contribution in [1.82, 2.24) is 0 Å². The molecule has 0 atom stereocenters. The summed E-state index contributed by atoms with van der Waals surface area (Å²) in [6.45, 7) is 0. The zero-order valence-corrected chi connectivity index (χ0v) is 10.7. The molecule has 3 N–H and O–H groups in total. The van der Waals surface area contributed by atoms with E-state index in [1.165, 1.54) is 12.1 Å². The predicted octanol–water partition coefficient (Wildman–Crippen LogP) is 1.18. The Morgan fingerprint density at radius 2 is 1.75 bits per heavy atom. The van der Waals surface area contributed by atoms with E-state index in [2.05, 4.69) is 12.1 Å². The number of benzene rings is 2. The molecule has 0 amide bonds. The summed E-state index contributed by atoms with van der Waals surface area (Å²) in [6, 6.07) is 10.6. The number of hydrogen-bond acceptors (Lipinski definition) is 5. The molecule has 2 aromatic carbocycles. The third-order valence-corrected chi connectivity index (χ3v) is 3.37. The lowest BCUT2D eigenvalue weighted by Gasteiger charge is -2.07. The number of aromatic hydroxyl groups is 2. The van der Waals surface area contributed by atoms with Gasteiger partial charge in [0, 0.05) is 5.56 Å². The van der Waals surface area contributed by atoms with Gasteiger partial charge >= 0.3 is 0 Å². The van der Waals surface area contributed by atoms with Gasteiger partial charge in [0.25, 0.3) is 10.1 Å². The zero-order chi connectivity index (χ0) is 14.9. The lowest BCUT2D eigenvalue weighted by Crippen LogP contribution is -2.10. The summed E-state index contributed by atoms with van der Waals surface area (Å²) in [4.78, 5) is 11.2. The van der Waals surface area contributed by atoms with Crippen molar-refractivity contribution in [2.45, 2.75) is 4.90 Å². The van der Waals surface area contributed by atoms with Crippen LogP contribution >= 0.6 is 0 Å². The fourth-order valence-corrected chi connectivity index (χ4v) is 2.37. The van der Waals surface area contributed by atoms with Gasteiger partial charge < -0.3 is 10.2 Å². The lowest BCUT2D eigenvalue weighted by molar-refractivity contribution is 0.103. The van der Waals surface area contributed by atoms with E-state index < -0.39 is 32.1 Å². The molecule has 20 heavy (non-hydrogen) atoms.